The van der Waals surface area contributed by atoms with E-state index in [1.807, 2.05) is 20.8 Å². The molecule has 2 amide bonds. The van der Waals surface area contributed by atoms with E-state index in [1.54, 1.807) is 6.08 Å². The number of carbonyl (C=O) groups excluding carboxylic acids is 2. The number of carbonyl (C=O) groups is 2. The molecule has 0 aromatic rings. The SMILES string of the molecule is C=C[C@H]1C[C@](NC(C)=O)(C(=O)NC(C)(C)C)C[C@@H]1C[N+](=O)[O-]. The summed E-state index contributed by atoms with van der Waals surface area (Å²) in [6.45, 7) is 10.4. The van der Waals surface area contributed by atoms with Gasteiger partial charge in [0.15, 0.2) is 0 Å². The van der Waals surface area contributed by atoms with Crippen LogP contribution < -0.4 is 10.6 Å². The van der Waals surface area contributed by atoms with E-state index in [1.165, 1.54) is 6.92 Å². The van der Waals surface area contributed by atoms with Gasteiger partial charge in [0, 0.05) is 23.3 Å². The number of nitrogens with one attached hydrogen (secondary N) is 2. The van der Waals surface area contributed by atoms with E-state index < -0.39 is 11.1 Å². The van der Waals surface area contributed by atoms with E-state index in [0.717, 1.165) is 0 Å². The predicted octanol–water partition coefficient (Wildman–Crippen LogP) is 1.26. The smallest absolute Gasteiger partial charge is 0.246 e. The largest absolute Gasteiger partial charge is 0.349 e. The van der Waals surface area contributed by atoms with Crippen LogP contribution in [0.4, 0.5) is 0 Å². The highest BCUT2D eigenvalue weighted by Crippen LogP contribution is 2.40. The molecule has 0 aromatic carbocycles. The molecule has 2 N–H and O–H groups in total. The quantitative estimate of drug-likeness (QED) is 0.453. The van der Waals surface area contributed by atoms with Crippen molar-refractivity contribution in [3.8, 4) is 0 Å². The molecule has 3 atom stereocenters. The number of rotatable bonds is 5. The van der Waals surface area contributed by atoms with Gasteiger partial charge in [-0.25, -0.2) is 0 Å². The molecule has 1 rings (SSSR count). The van der Waals surface area contributed by atoms with Crippen molar-refractivity contribution in [2.24, 2.45) is 11.8 Å². The molecule has 0 radical (unpaired) electrons. The fraction of sp³-hybridized carbons (Fsp3) is 0.733. The van der Waals surface area contributed by atoms with Crippen LogP contribution in [-0.4, -0.2) is 34.4 Å². The molecule has 1 aliphatic rings. The van der Waals surface area contributed by atoms with Crippen molar-refractivity contribution in [3.05, 3.63) is 22.8 Å². The van der Waals surface area contributed by atoms with Crippen LogP contribution in [0.2, 0.25) is 0 Å². The Morgan fingerprint density at radius 3 is 2.41 bits per heavy atom. The van der Waals surface area contributed by atoms with Crippen LogP contribution in [-0.2, 0) is 9.59 Å². The third-order valence-electron chi connectivity index (χ3n) is 3.83. The van der Waals surface area contributed by atoms with Crippen LogP contribution >= 0.6 is 0 Å². The fourth-order valence-electron chi connectivity index (χ4n) is 3.06. The van der Waals surface area contributed by atoms with Crippen LogP contribution in [0.3, 0.4) is 0 Å². The maximum atomic E-state index is 12.7. The lowest BCUT2D eigenvalue weighted by molar-refractivity contribution is -0.489. The van der Waals surface area contributed by atoms with Crippen LogP contribution in [0.15, 0.2) is 12.7 Å². The Morgan fingerprint density at radius 1 is 1.41 bits per heavy atom. The molecule has 124 valence electrons. The van der Waals surface area contributed by atoms with Gasteiger partial charge in [0.1, 0.15) is 5.54 Å². The molecule has 0 heterocycles. The molecule has 7 nitrogen and oxygen atoms in total. The number of allylic oxidation sites excluding steroid dienone is 1. The first-order valence-corrected chi connectivity index (χ1v) is 7.35. The molecule has 0 unspecified atom stereocenters. The van der Waals surface area contributed by atoms with E-state index in [9.17, 15) is 19.7 Å². The molecule has 1 aliphatic carbocycles. The van der Waals surface area contributed by atoms with Crippen LogP contribution in [0.1, 0.15) is 40.5 Å². The summed E-state index contributed by atoms with van der Waals surface area (Å²) in [6, 6.07) is 0. The zero-order valence-corrected chi connectivity index (χ0v) is 13.6. The van der Waals surface area contributed by atoms with E-state index in [4.69, 9.17) is 0 Å². The Bertz CT molecular complexity index is 484. The van der Waals surface area contributed by atoms with E-state index in [0.29, 0.717) is 6.42 Å². The average Bonchev–Trinajstić information content (AvgIpc) is 2.64. The molecule has 0 saturated heterocycles. The molecule has 0 aliphatic heterocycles. The maximum Gasteiger partial charge on any atom is 0.246 e. The van der Waals surface area contributed by atoms with E-state index in [-0.39, 0.29) is 41.5 Å². The van der Waals surface area contributed by atoms with E-state index in [2.05, 4.69) is 17.2 Å². The van der Waals surface area contributed by atoms with Crippen molar-refractivity contribution in [2.75, 3.05) is 6.54 Å². The fourth-order valence-corrected chi connectivity index (χ4v) is 3.06. The van der Waals surface area contributed by atoms with Gasteiger partial charge in [0.2, 0.25) is 18.4 Å². The Hall–Kier alpha value is -1.92. The van der Waals surface area contributed by atoms with Gasteiger partial charge in [0.05, 0.1) is 0 Å². The highest BCUT2D eigenvalue weighted by Gasteiger charge is 2.51. The minimum atomic E-state index is -1.11. The standard InChI is InChI=1S/C15H25N3O4/c1-6-11-7-15(16-10(2)19,8-12(11)9-18(21)22)13(20)17-14(3,4)5/h6,11-12H,1,7-9H2,2-5H3,(H,16,19)(H,17,20)/t11-,12+,15+/m0/s1. The van der Waals surface area contributed by atoms with Crippen LogP contribution in [0.5, 0.6) is 0 Å². The lowest BCUT2D eigenvalue weighted by Crippen LogP contribution is -2.60. The number of nitrogens with zero attached hydrogens (tertiary/aromatic N) is 1. The van der Waals surface area contributed by atoms with Crippen molar-refractivity contribution >= 4 is 11.8 Å². The zero-order valence-electron chi connectivity index (χ0n) is 13.6. The summed E-state index contributed by atoms with van der Waals surface area (Å²) in [5.74, 6) is -1.12. The molecule has 0 bridgehead atoms. The molecule has 22 heavy (non-hydrogen) atoms. The average molecular weight is 311 g/mol. The van der Waals surface area contributed by atoms with Gasteiger partial charge in [0.25, 0.3) is 0 Å². The second-order valence-electron chi connectivity index (χ2n) is 7.05. The number of amides is 2. The second kappa shape index (κ2) is 6.46. The minimum Gasteiger partial charge on any atom is -0.349 e. The van der Waals surface area contributed by atoms with Gasteiger partial charge >= 0.3 is 0 Å². The third-order valence-corrected chi connectivity index (χ3v) is 3.83. The summed E-state index contributed by atoms with van der Waals surface area (Å²) in [7, 11) is 0. The molecular formula is C15H25N3O4. The summed E-state index contributed by atoms with van der Waals surface area (Å²) in [6.07, 6.45) is 2.21. The van der Waals surface area contributed by atoms with Gasteiger partial charge in [-0.3, -0.25) is 19.7 Å². The van der Waals surface area contributed by atoms with Gasteiger partial charge < -0.3 is 10.6 Å². The first-order chi connectivity index (χ1) is 9.99. The third kappa shape index (κ3) is 4.54. The zero-order chi connectivity index (χ0) is 17.1. The second-order valence-corrected chi connectivity index (χ2v) is 7.05. The van der Waals surface area contributed by atoms with Crippen LogP contribution in [0.25, 0.3) is 0 Å². The Morgan fingerprint density at radius 2 is 2.00 bits per heavy atom. The first kappa shape index (κ1) is 18.1. The molecule has 7 heteroatoms. The minimum absolute atomic E-state index is 0.178. The molecule has 1 saturated carbocycles. The van der Waals surface area contributed by atoms with Crippen molar-refractivity contribution in [3.63, 3.8) is 0 Å². The topological polar surface area (TPSA) is 101 Å². The van der Waals surface area contributed by atoms with Gasteiger partial charge in [-0.2, -0.15) is 0 Å². The Balaban J connectivity index is 3.07. The number of hydrogen-bond donors (Lipinski definition) is 2. The number of hydrogen-bond acceptors (Lipinski definition) is 4. The van der Waals surface area contributed by atoms with Crippen molar-refractivity contribution < 1.29 is 14.5 Å². The van der Waals surface area contributed by atoms with Gasteiger partial charge in [-0.05, 0) is 39.5 Å². The lowest BCUT2D eigenvalue weighted by Gasteiger charge is -2.33. The maximum absolute atomic E-state index is 12.7. The number of nitro groups is 1. The van der Waals surface area contributed by atoms with Crippen molar-refractivity contribution in [1.29, 1.82) is 0 Å². The normalized spacial score (nSPS) is 28.0. The van der Waals surface area contributed by atoms with Gasteiger partial charge in [-0.1, -0.05) is 6.08 Å². The summed E-state index contributed by atoms with van der Waals surface area (Å²) >= 11 is 0. The van der Waals surface area contributed by atoms with Crippen LogP contribution in [0, 0.1) is 22.0 Å². The summed E-state index contributed by atoms with van der Waals surface area (Å²) in [5.41, 5.74) is -1.56. The molecule has 1 fully saturated rings. The van der Waals surface area contributed by atoms with Crippen molar-refractivity contribution in [2.45, 2.75) is 51.6 Å². The van der Waals surface area contributed by atoms with Gasteiger partial charge in [-0.15, -0.1) is 6.58 Å². The Kier molecular flexibility index (Phi) is 5.32. The highest BCUT2D eigenvalue weighted by molar-refractivity contribution is 5.91. The summed E-state index contributed by atoms with van der Waals surface area (Å²) < 4.78 is 0. The molecule has 0 aromatic heterocycles. The Labute approximate surface area is 130 Å². The summed E-state index contributed by atoms with van der Waals surface area (Å²) in [4.78, 5) is 34.7. The lowest BCUT2D eigenvalue weighted by atomic mass is 9.92. The van der Waals surface area contributed by atoms with E-state index >= 15 is 0 Å². The monoisotopic (exact) mass is 311 g/mol. The molecular weight excluding hydrogens is 286 g/mol. The predicted molar refractivity (Wildman–Crippen MR) is 82.7 cm³/mol. The first-order valence-electron chi connectivity index (χ1n) is 7.35. The van der Waals surface area contributed by atoms with Crippen molar-refractivity contribution in [1.82, 2.24) is 10.6 Å². The molecule has 0 spiro atoms. The summed E-state index contributed by atoms with van der Waals surface area (Å²) in [5, 5.41) is 16.4. The highest BCUT2D eigenvalue weighted by atomic mass is 16.6.